The van der Waals surface area contributed by atoms with E-state index in [9.17, 15) is 23.9 Å². The van der Waals surface area contributed by atoms with Gasteiger partial charge in [0.05, 0.1) is 18.9 Å². The minimum atomic E-state index is -3.58. The molecule has 0 amide bonds. The van der Waals surface area contributed by atoms with E-state index in [1.165, 1.54) is 6.92 Å². The summed E-state index contributed by atoms with van der Waals surface area (Å²) in [7, 11) is 0. The SMILES string of the molecule is CC(C)OC(=O)[C@H](C)NP(=S)(OC[C@H]1O[C@@H](n2cc(F)c(=O)[nH]c2=O)[C@@](F)(Cl)[C@@H]1O)Oc1ccccc1. The van der Waals surface area contributed by atoms with E-state index in [0.717, 1.165) is 0 Å². The summed E-state index contributed by atoms with van der Waals surface area (Å²) in [5.74, 6) is -1.74. The Bertz CT molecular complexity index is 1280. The van der Waals surface area contributed by atoms with Gasteiger partial charge in [0.1, 0.15) is 24.0 Å². The van der Waals surface area contributed by atoms with Crippen molar-refractivity contribution in [2.24, 2.45) is 0 Å². The van der Waals surface area contributed by atoms with Crippen molar-refractivity contribution in [1.82, 2.24) is 14.6 Å². The van der Waals surface area contributed by atoms with Crippen molar-refractivity contribution in [2.45, 2.75) is 56.5 Å². The zero-order chi connectivity index (χ0) is 27.5. The lowest BCUT2D eigenvalue weighted by Gasteiger charge is -2.28. The highest BCUT2D eigenvalue weighted by atomic mass is 35.5. The van der Waals surface area contributed by atoms with Crippen LogP contribution in [-0.2, 0) is 30.6 Å². The number of carbonyl (C=O) groups excluding carboxylic acids is 1. The predicted molar refractivity (Wildman–Crippen MR) is 132 cm³/mol. The predicted octanol–water partition coefficient (Wildman–Crippen LogP) is 2.09. The summed E-state index contributed by atoms with van der Waals surface area (Å²) in [6, 6.07) is 7.28. The molecule has 1 aromatic carbocycles. The molecule has 1 fully saturated rings. The molecule has 204 valence electrons. The Kier molecular flexibility index (Phi) is 9.27. The lowest BCUT2D eigenvalue weighted by atomic mass is 10.1. The topological polar surface area (TPSA) is 141 Å². The highest BCUT2D eigenvalue weighted by Gasteiger charge is 2.58. The number of aromatic nitrogens is 2. The van der Waals surface area contributed by atoms with Gasteiger partial charge in [-0.2, -0.15) is 4.39 Å². The van der Waals surface area contributed by atoms with Crippen molar-refractivity contribution >= 4 is 36.0 Å². The van der Waals surface area contributed by atoms with Gasteiger partial charge in [-0.3, -0.25) is 19.1 Å². The summed E-state index contributed by atoms with van der Waals surface area (Å²) < 4.78 is 51.5. The van der Waals surface area contributed by atoms with Crippen molar-refractivity contribution in [3.05, 3.63) is 63.2 Å². The molecule has 1 aromatic heterocycles. The second-order valence-electron chi connectivity index (χ2n) is 8.32. The van der Waals surface area contributed by atoms with Crippen LogP contribution in [0.25, 0.3) is 0 Å². The van der Waals surface area contributed by atoms with Gasteiger partial charge in [-0.25, -0.2) is 14.3 Å². The number of H-pyrrole nitrogens is 1. The summed E-state index contributed by atoms with van der Waals surface area (Å²) in [4.78, 5) is 37.4. The number of benzene rings is 1. The number of rotatable bonds is 10. The summed E-state index contributed by atoms with van der Waals surface area (Å²) >= 11 is 11.4. The van der Waals surface area contributed by atoms with E-state index >= 15 is 4.39 Å². The van der Waals surface area contributed by atoms with Crippen LogP contribution >= 0.6 is 18.2 Å². The molecule has 2 aromatic rings. The Labute approximate surface area is 219 Å². The van der Waals surface area contributed by atoms with E-state index in [4.69, 9.17) is 41.9 Å². The summed E-state index contributed by atoms with van der Waals surface area (Å²) in [5, 5.41) is 10.1. The fourth-order valence-electron chi connectivity index (χ4n) is 3.25. The number of alkyl halides is 2. The zero-order valence-electron chi connectivity index (χ0n) is 19.8. The molecule has 0 spiro atoms. The molecule has 1 aliphatic heterocycles. The van der Waals surface area contributed by atoms with Crippen molar-refractivity contribution in [3.8, 4) is 5.75 Å². The van der Waals surface area contributed by atoms with Crippen LogP contribution in [0.2, 0.25) is 0 Å². The highest BCUT2D eigenvalue weighted by Crippen LogP contribution is 2.48. The highest BCUT2D eigenvalue weighted by molar-refractivity contribution is 8.09. The fourth-order valence-corrected chi connectivity index (χ4v) is 5.96. The lowest BCUT2D eigenvalue weighted by Crippen LogP contribution is -2.42. The number of ether oxygens (including phenoxy) is 2. The molecule has 0 radical (unpaired) electrons. The Hall–Kier alpha value is -2.19. The number of carbonyl (C=O) groups is 1. The number of nitrogens with zero attached hydrogens (tertiary/aromatic N) is 1. The number of hydrogen-bond acceptors (Lipinski definition) is 9. The Morgan fingerprint density at radius 2 is 2.00 bits per heavy atom. The molecule has 16 heteroatoms. The molecule has 11 nitrogen and oxygen atoms in total. The molecule has 3 N–H and O–H groups in total. The van der Waals surface area contributed by atoms with Gasteiger partial charge in [0, 0.05) is 0 Å². The second kappa shape index (κ2) is 11.7. The first kappa shape index (κ1) is 29.4. The van der Waals surface area contributed by atoms with Crippen molar-refractivity contribution in [3.63, 3.8) is 0 Å². The van der Waals surface area contributed by atoms with Crippen molar-refractivity contribution < 1.29 is 37.2 Å². The number of aromatic amines is 1. The Morgan fingerprint density at radius 3 is 2.62 bits per heavy atom. The minimum absolute atomic E-state index is 0.293. The summed E-state index contributed by atoms with van der Waals surface area (Å²) in [5.41, 5.74) is -2.54. The molecule has 6 atom stereocenters. The molecule has 37 heavy (non-hydrogen) atoms. The van der Waals surface area contributed by atoms with Gasteiger partial charge in [-0.1, -0.05) is 29.8 Å². The van der Waals surface area contributed by atoms with Gasteiger partial charge >= 0.3 is 18.3 Å². The van der Waals surface area contributed by atoms with Gasteiger partial charge in [-0.05, 0) is 44.7 Å². The maximum absolute atomic E-state index is 15.3. The van der Waals surface area contributed by atoms with Crippen molar-refractivity contribution in [1.29, 1.82) is 0 Å². The van der Waals surface area contributed by atoms with E-state index in [2.05, 4.69) is 5.09 Å². The first-order valence-electron chi connectivity index (χ1n) is 10.9. The normalized spacial score (nSPS) is 26.0. The number of aliphatic hydroxyl groups excluding tert-OH is 1. The van der Waals surface area contributed by atoms with Crippen LogP contribution in [0.15, 0.2) is 46.1 Å². The first-order valence-corrected chi connectivity index (χ1v) is 13.9. The average Bonchev–Trinajstić information content (AvgIpc) is 3.03. The second-order valence-corrected chi connectivity index (χ2v) is 12.0. The molecule has 0 aliphatic carbocycles. The fraction of sp³-hybridized carbons (Fsp3) is 0.476. The molecule has 0 bridgehead atoms. The molecular formula is C21H25ClF2N3O8PS. The first-order chi connectivity index (χ1) is 17.2. The van der Waals surface area contributed by atoms with Crippen LogP contribution in [0.5, 0.6) is 5.75 Å². The molecule has 3 rings (SSSR count). The van der Waals surface area contributed by atoms with E-state index in [1.54, 1.807) is 49.2 Å². The largest absolute Gasteiger partial charge is 0.462 e. The van der Waals surface area contributed by atoms with Crippen LogP contribution in [0.1, 0.15) is 27.0 Å². The maximum Gasteiger partial charge on any atom is 0.330 e. The molecule has 1 saturated heterocycles. The van der Waals surface area contributed by atoms with Crippen LogP contribution in [0, 0.1) is 5.82 Å². The number of para-hydroxylation sites is 1. The number of hydrogen-bond donors (Lipinski definition) is 3. The quantitative estimate of drug-likeness (QED) is 0.216. The maximum atomic E-state index is 15.3. The lowest BCUT2D eigenvalue weighted by molar-refractivity contribution is -0.149. The van der Waals surface area contributed by atoms with Gasteiger partial charge in [0.25, 0.3) is 10.7 Å². The monoisotopic (exact) mass is 583 g/mol. The molecule has 1 unspecified atom stereocenters. The van der Waals surface area contributed by atoms with E-state index in [1.807, 2.05) is 0 Å². The molecular weight excluding hydrogens is 559 g/mol. The van der Waals surface area contributed by atoms with Gasteiger partial charge in [-0.15, -0.1) is 0 Å². The Morgan fingerprint density at radius 1 is 1.35 bits per heavy atom. The third-order valence-electron chi connectivity index (χ3n) is 4.99. The van der Waals surface area contributed by atoms with Crippen LogP contribution in [0.4, 0.5) is 8.78 Å². The third-order valence-corrected chi connectivity index (χ3v) is 7.90. The number of esters is 1. The smallest absolute Gasteiger partial charge is 0.330 e. The van der Waals surface area contributed by atoms with Crippen molar-refractivity contribution in [2.75, 3.05) is 6.61 Å². The minimum Gasteiger partial charge on any atom is -0.462 e. The van der Waals surface area contributed by atoms with Crippen LogP contribution < -0.4 is 20.9 Å². The van der Waals surface area contributed by atoms with Crippen LogP contribution in [0.3, 0.4) is 0 Å². The molecule has 2 heterocycles. The number of halogens is 3. The summed E-state index contributed by atoms with van der Waals surface area (Å²) in [6.07, 6.45) is -5.62. The third kappa shape index (κ3) is 7.02. The Balaban J connectivity index is 1.82. The van der Waals surface area contributed by atoms with Gasteiger partial charge < -0.3 is 23.6 Å². The summed E-state index contributed by atoms with van der Waals surface area (Å²) in [6.45, 7) is 0.619. The van der Waals surface area contributed by atoms with E-state index < -0.39 is 72.0 Å². The van der Waals surface area contributed by atoms with E-state index in [0.29, 0.717) is 16.5 Å². The molecule has 1 aliphatic rings. The van der Waals surface area contributed by atoms with Crippen LogP contribution in [-0.4, -0.2) is 56.7 Å². The van der Waals surface area contributed by atoms with E-state index in [-0.39, 0.29) is 0 Å². The number of aliphatic hydroxyl groups is 1. The average molecular weight is 584 g/mol. The number of nitrogens with one attached hydrogen (secondary N) is 2. The zero-order valence-corrected chi connectivity index (χ0v) is 22.3. The van der Waals surface area contributed by atoms with Gasteiger partial charge in [0.15, 0.2) is 6.23 Å². The molecule has 0 saturated carbocycles. The van der Waals surface area contributed by atoms with Gasteiger partial charge in [0.2, 0.25) is 5.82 Å². The standard InChI is InChI=1S/C21H25ClF2N3O8PS/c1-11(2)33-18(30)12(3)26-36(37,35-13-7-5-4-6-8-13)32-10-15-16(28)21(22,24)19(34-15)27-9-14(23)17(29)25-20(27)31/h4-9,11-12,15-16,19,28H,10H2,1-3H3,(H,26,37)(H,25,29,31)/t12-,15+,16+,19+,21+,36?/m0/s1.